The molecule has 1 aromatic heterocycles. The Bertz CT molecular complexity index is 1080. The van der Waals surface area contributed by atoms with Gasteiger partial charge in [0, 0.05) is 11.6 Å². The van der Waals surface area contributed by atoms with Gasteiger partial charge < -0.3 is 14.6 Å². The molecule has 1 heterocycles. The van der Waals surface area contributed by atoms with Gasteiger partial charge in [-0.15, -0.1) is 0 Å². The average Bonchev–Trinajstić information content (AvgIpc) is 2.71. The Kier molecular flexibility index (Phi) is 6.36. The van der Waals surface area contributed by atoms with Crippen molar-refractivity contribution in [1.29, 1.82) is 0 Å². The topological polar surface area (TPSA) is 109 Å². The molecule has 0 aliphatic rings. The van der Waals surface area contributed by atoms with Crippen LogP contribution in [0.4, 0.5) is 5.95 Å². The fourth-order valence-corrected chi connectivity index (χ4v) is 2.74. The quantitative estimate of drug-likeness (QED) is 0.402. The molecule has 0 spiro atoms. The Morgan fingerprint density at radius 1 is 1.28 bits per heavy atom. The van der Waals surface area contributed by atoms with Crippen molar-refractivity contribution in [3.8, 4) is 28.5 Å². The summed E-state index contributed by atoms with van der Waals surface area (Å²) in [5.41, 5.74) is 4.20. The number of aromatic nitrogens is 2. The molecule has 0 saturated carbocycles. The number of nitrogens with one attached hydrogen (secondary N) is 2. The normalized spacial score (nSPS) is 10.9. The van der Waals surface area contributed by atoms with Crippen LogP contribution >= 0.6 is 11.6 Å². The van der Waals surface area contributed by atoms with Crippen LogP contribution < -0.4 is 20.5 Å². The number of phenols is 1. The SMILES string of the molecule is CCOc1cc(/C=N\Nc2nc(-c3ccc(OC)cc3)cc(=O)[nH]2)cc(Cl)c1O. The summed E-state index contributed by atoms with van der Waals surface area (Å²) in [6.45, 7) is 2.18. The summed E-state index contributed by atoms with van der Waals surface area (Å²) in [6.07, 6.45) is 1.47. The number of ether oxygens (including phenoxy) is 2. The summed E-state index contributed by atoms with van der Waals surface area (Å²) in [6, 6.07) is 11.7. The van der Waals surface area contributed by atoms with E-state index in [9.17, 15) is 9.90 Å². The summed E-state index contributed by atoms with van der Waals surface area (Å²) in [5, 5.41) is 14.1. The largest absolute Gasteiger partial charge is 0.503 e. The van der Waals surface area contributed by atoms with Crippen LogP contribution in [0.1, 0.15) is 12.5 Å². The molecule has 0 aliphatic heterocycles. The van der Waals surface area contributed by atoms with Gasteiger partial charge >= 0.3 is 0 Å². The number of phenolic OH excluding ortho intramolecular Hbond substituents is 1. The van der Waals surface area contributed by atoms with Crippen molar-refractivity contribution >= 4 is 23.8 Å². The lowest BCUT2D eigenvalue weighted by Gasteiger charge is -2.08. The standard InChI is InChI=1S/C20H19ClN4O4/c1-3-29-17-9-12(8-15(21)19(17)27)11-22-25-20-23-16(10-18(26)24-20)13-4-6-14(28-2)7-5-13/h4-11,27H,3H2,1-2H3,(H2,23,24,25,26)/b22-11-. The number of hydrogen-bond acceptors (Lipinski definition) is 7. The Morgan fingerprint density at radius 2 is 2.03 bits per heavy atom. The average molecular weight is 415 g/mol. The smallest absolute Gasteiger partial charge is 0.252 e. The predicted molar refractivity (Wildman–Crippen MR) is 112 cm³/mol. The number of benzene rings is 2. The van der Waals surface area contributed by atoms with Crippen LogP contribution in [0.5, 0.6) is 17.2 Å². The molecule has 0 amide bonds. The van der Waals surface area contributed by atoms with Crippen molar-refractivity contribution in [1.82, 2.24) is 9.97 Å². The second kappa shape index (κ2) is 9.11. The number of hydrogen-bond donors (Lipinski definition) is 3. The van der Waals surface area contributed by atoms with Crippen molar-refractivity contribution < 1.29 is 14.6 Å². The summed E-state index contributed by atoms with van der Waals surface area (Å²) < 4.78 is 10.5. The van der Waals surface area contributed by atoms with E-state index in [1.807, 2.05) is 0 Å². The van der Waals surface area contributed by atoms with Crippen LogP contribution in [-0.4, -0.2) is 35.0 Å². The molecule has 0 atom stereocenters. The van der Waals surface area contributed by atoms with Gasteiger partial charge in [-0.05, 0) is 48.9 Å². The van der Waals surface area contributed by atoms with E-state index in [2.05, 4.69) is 20.5 Å². The highest BCUT2D eigenvalue weighted by Gasteiger charge is 2.09. The van der Waals surface area contributed by atoms with E-state index in [-0.39, 0.29) is 28.0 Å². The van der Waals surface area contributed by atoms with E-state index >= 15 is 0 Å². The molecule has 0 saturated heterocycles. The maximum atomic E-state index is 12.0. The highest BCUT2D eigenvalue weighted by Crippen LogP contribution is 2.34. The number of nitrogens with zero attached hydrogens (tertiary/aromatic N) is 2. The Labute approximate surface area is 171 Å². The minimum Gasteiger partial charge on any atom is -0.503 e. The molecule has 2 aromatic carbocycles. The highest BCUT2D eigenvalue weighted by atomic mass is 35.5. The Hall–Kier alpha value is -3.52. The molecule has 3 aromatic rings. The third-order valence-corrected chi connectivity index (χ3v) is 4.15. The number of aromatic hydroxyl groups is 1. The van der Waals surface area contributed by atoms with Crippen LogP contribution in [-0.2, 0) is 0 Å². The van der Waals surface area contributed by atoms with Crippen molar-refractivity contribution in [2.75, 3.05) is 19.1 Å². The Morgan fingerprint density at radius 3 is 2.72 bits per heavy atom. The monoisotopic (exact) mass is 414 g/mol. The van der Waals surface area contributed by atoms with E-state index < -0.39 is 0 Å². The third kappa shape index (κ3) is 5.05. The first-order valence-electron chi connectivity index (χ1n) is 8.70. The molecule has 0 unspecified atom stereocenters. The fraction of sp³-hybridized carbons (Fsp3) is 0.150. The number of rotatable bonds is 7. The lowest BCUT2D eigenvalue weighted by atomic mass is 10.1. The van der Waals surface area contributed by atoms with Crippen molar-refractivity contribution in [3.05, 3.63) is 63.4 Å². The molecule has 29 heavy (non-hydrogen) atoms. The summed E-state index contributed by atoms with van der Waals surface area (Å²) >= 11 is 6.00. The van der Waals surface area contributed by atoms with Gasteiger partial charge in [-0.2, -0.15) is 5.10 Å². The number of hydrazone groups is 1. The second-order valence-electron chi connectivity index (χ2n) is 5.86. The minimum atomic E-state index is -0.324. The molecule has 0 fully saturated rings. The van der Waals surface area contributed by atoms with Gasteiger partial charge in [0.1, 0.15) is 5.75 Å². The van der Waals surface area contributed by atoms with Gasteiger partial charge in [0.25, 0.3) is 5.56 Å². The zero-order valence-electron chi connectivity index (χ0n) is 15.8. The first kappa shape index (κ1) is 20.2. The fourth-order valence-electron chi connectivity index (χ4n) is 2.52. The van der Waals surface area contributed by atoms with Crippen molar-refractivity contribution in [2.24, 2.45) is 5.10 Å². The van der Waals surface area contributed by atoms with E-state index in [4.69, 9.17) is 21.1 Å². The van der Waals surface area contributed by atoms with E-state index in [1.165, 1.54) is 18.3 Å². The minimum absolute atomic E-state index is 0.128. The van der Waals surface area contributed by atoms with E-state index in [1.54, 1.807) is 44.4 Å². The molecule has 0 bridgehead atoms. The number of halogens is 1. The lowest BCUT2D eigenvalue weighted by Crippen LogP contribution is -2.10. The molecular formula is C20H19ClN4O4. The molecule has 150 valence electrons. The summed E-state index contributed by atoms with van der Waals surface area (Å²) in [7, 11) is 1.58. The van der Waals surface area contributed by atoms with Gasteiger partial charge in [0.2, 0.25) is 5.95 Å². The van der Waals surface area contributed by atoms with Crippen LogP contribution in [0, 0.1) is 0 Å². The number of aromatic amines is 1. The first-order chi connectivity index (χ1) is 14.0. The third-order valence-electron chi connectivity index (χ3n) is 3.86. The van der Waals surface area contributed by atoms with E-state index in [0.29, 0.717) is 23.6 Å². The zero-order chi connectivity index (χ0) is 20.8. The van der Waals surface area contributed by atoms with Crippen molar-refractivity contribution in [2.45, 2.75) is 6.92 Å². The van der Waals surface area contributed by atoms with Gasteiger partial charge in [0.15, 0.2) is 11.5 Å². The zero-order valence-corrected chi connectivity index (χ0v) is 16.5. The van der Waals surface area contributed by atoms with Crippen LogP contribution in [0.25, 0.3) is 11.3 Å². The molecule has 3 rings (SSSR count). The van der Waals surface area contributed by atoms with Gasteiger partial charge in [-0.3, -0.25) is 9.78 Å². The number of methoxy groups -OCH3 is 1. The van der Waals surface area contributed by atoms with Crippen LogP contribution in [0.15, 0.2) is 52.4 Å². The number of H-pyrrole nitrogens is 1. The molecule has 3 N–H and O–H groups in total. The highest BCUT2D eigenvalue weighted by molar-refractivity contribution is 6.32. The molecule has 8 nitrogen and oxygen atoms in total. The van der Waals surface area contributed by atoms with Crippen molar-refractivity contribution in [3.63, 3.8) is 0 Å². The molecule has 0 aliphatic carbocycles. The summed E-state index contributed by atoms with van der Waals surface area (Å²) in [4.78, 5) is 18.9. The molecule has 0 radical (unpaired) electrons. The maximum absolute atomic E-state index is 12.0. The van der Waals surface area contributed by atoms with E-state index in [0.717, 1.165) is 5.56 Å². The van der Waals surface area contributed by atoms with Crippen LogP contribution in [0.2, 0.25) is 5.02 Å². The predicted octanol–water partition coefficient (Wildman–Crippen LogP) is 3.65. The number of anilines is 1. The first-order valence-corrected chi connectivity index (χ1v) is 9.08. The molecule has 9 heteroatoms. The van der Waals surface area contributed by atoms with Gasteiger partial charge in [0.05, 0.1) is 30.6 Å². The lowest BCUT2D eigenvalue weighted by molar-refractivity contribution is 0.318. The molecular weight excluding hydrogens is 396 g/mol. The van der Waals surface area contributed by atoms with Crippen LogP contribution in [0.3, 0.4) is 0 Å². The Balaban J connectivity index is 1.80. The van der Waals surface area contributed by atoms with Gasteiger partial charge in [-0.25, -0.2) is 10.4 Å². The second-order valence-corrected chi connectivity index (χ2v) is 6.27. The van der Waals surface area contributed by atoms with Gasteiger partial charge in [-0.1, -0.05) is 11.6 Å². The maximum Gasteiger partial charge on any atom is 0.252 e. The summed E-state index contributed by atoms with van der Waals surface area (Å²) in [5.74, 6) is 1.02.